The summed E-state index contributed by atoms with van der Waals surface area (Å²) in [6, 6.07) is 0.0924. The number of carbonyl (C=O) groups is 2. The van der Waals surface area contributed by atoms with Crippen molar-refractivity contribution >= 4 is 12.0 Å². The fourth-order valence-corrected chi connectivity index (χ4v) is 2.10. The molecule has 5 heteroatoms. The Labute approximate surface area is 96.0 Å². The third-order valence-corrected chi connectivity index (χ3v) is 2.95. The molecule has 92 valence electrons. The van der Waals surface area contributed by atoms with E-state index in [-0.39, 0.29) is 18.5 Å². The minimum atomic E-state index is -0.789. The highest BCUT2D eigenvalue weighted by atomic mass is 16.4. The molecule has 2 amide bonds. The highest BCUT2D eigenvalue weighted by molar-refractivity contribution is 5.74. The van der Waals surface area contributed by atoms with Crippen molar-refractivity contribution in [2.24, 2.45) is 0 Å². The van der Waals surface area contributed by atoms with E-state index in [9.17, 15) is 9.59 Å². The molecule has 1 unspecified atom stereocenters. The molecule has 0 saturated carbocycles. The average Bonchev–Trinajstić information content (AvgIpc) is 2.25. The lowest BCUT2D eigenvalue weighted by Crippen LogP contribution is -2.48. The van der Waals surface area contributed by atoms with Gasteiger partial charge in [0.1, 0.15) is 0 Å². The Kier molecular flexibility index (Phi) is 4.58. The van der Waals surface area contributed by atoms with Crippen LogP contribution in [0.3, 0.4) is 0 Å². The van der Waals surface area contributed by atoms with Gasteiger partial charge in [-0.3, -0.25) is 4.79 Å². The monoisotopic (exact) mass is 228 g/mol. The average molecular weight is 228 g/mol. The van der Waals surface area contributed by atoms with Crippen LogP contribution in [0.4, 0.5) is 4.79 Å². The first-order chi connectivity index (χ1) is 7.52. The van der Waals surface area contributed by atoms with E-state index in [0.717, 1.165) is 25.8 Å². The zero-order valence-electron chi connectivity index (χ0n) is 9.98. The molecule has 0 aromatic carbocycles. The highest BCUT2D eigenvalue weighted by Gasteiger charge is 2.27. The molecular formula is C11H20N2O3. The van der Waals surface area contributed by atoms with Gasteiger partial charge in [0.25, 0.3) is 0 Å². The van der Waals surface area contributed by atoms with Crippen molar-refractivity contribution in [3.05, 3.63) is 0 Å². The molecule has 1 saturated heterocycles. The van der Waals surface area contributed by atoms with Gasteiger partial charge in [0.2, 0.25) is 0 Å². The third kappa shape index (κ3) is 3.40. The lowest BCUT2D eigenvalue weighted by molar-refractivity contribution is -0.137. The van der Waals surface area contributed by atoms with Gasteiger partial charge < -0.3 is 14.9 Å². The van der Waals surface area contributed by atoms with E-state index in [4.69, 9.17) is 5.11 Å². The summed E-state index contributed by atoms with van der Waals surface area (Å²) in [4.78, 5) is 25.8. The van der Waals surface area contributed by atoms with Crippen LogP contribution in [0.5, 0.6) is 0 Å². The molecule has 0 aromatic heterocycles. The first-order valence-corrected chi connectivity index (χ1v) is 5.72. The lowest BCUT2D eigenvalue weighted by Gasteiger charge is -2.37. The molecule has 1 atom stereocenters. The predicted molar refractivity (Wildman–Crippen MR) is 60.3 cm³/mol. The van der Waals surface area contributed by atoms with E-state index in [1.807, 2.05) is 4.90 Å². The number of likely N-dealkylation sites (tertiary alicyclic amines) is 1. The van der Waals surface area contributed by atoms with E-state index in [2.05, 4.69) is 0 Å². The molecule has 16 heavy (non-hydrogen) atoms. The van der Waals surface area contributed by atoms with Crippen LogP contribution in [-0.2, 0) is 4.79 Å². The van der Waals surface area contributed by atoms with Crippen molar-refractivity contribution in [3.63, 3.8) is 0 Å². The summed E-state index contributed by atoms with van der Waals surface area (Å²) < 4.78 is 0. The molecule has 1 N–H and O–H groups in total. The topological polar surface area (TPSA) is 60.9 Å². The van der Waals surface area contributed by atoms with E-state index in [0.29, 0.717) is 6.42 Å². The number of amides is 2. The van der Waals surface area contributed by atoms with E-state index >= 15 is 0 Å². The number of carboxylic acid groups (broad SMARTS) is 1. The quantitative estimate of drug-likeness (QED) is 0.794. The second-order valence-electron chi connectivity index (χ2n) is 4.45. The summed E-state index contributed by atoms with van der Waals surface area (Å²) >= 11 is 0. The van der Waals surface area contributed by atoms with Crippen molar-refractivity contribution < 1.29 is 14.7 Å². The van der Waals surface area contributed by atoms with Crippen molar-refractivity contribution in [3.8, 4) is 0 Å². The summed E-state index contributed by atoms with van der Waals surface area (Å²) in [5, 5.41) is 8.66. The van der Waals surface area contributed by atoms with Crippen LogP contribution in [0, 0.1) is 0 Å². The molecule has 1 heterocycles. The summed E-state index contributed by atoms with van der Waals surface area (Å²) in [6.45, 7) is 0.751. The Balaban J connectivity index is 2.56. The number of carbonyl (C=O) groups excluding carboxylic acids is 1. The van der Waals surface area contributed by atoms with Gasteiger partial charge in [0, 0.05) is 33.1 Å². The Morgan fingerprint density at radius 3 is 2.62 bits per heavy atom. The van der Waals surface area contributed by atoms with Gasteiger partial charge in [0.05, 0.1) is 0 Å². The number of carboxylic acids is 1. The first-order valence-electron chi connectivity index (χ1n) is 5.72. The maximum absolute atomic E-state index is 11.9. The summed E-state index contributed by atoms with van der Waals surface area (Å²) in [5.74, 6) is -0.789. The molecule has 1 rings (SSSR count). The maximum atomic E-state index is 11.9. The molecule has 1 aliphatic heterocycles. The first kappa shape index (κ1) is 12.8. The smallest absolute Gasteiger partial charge is 0.319 e. The number of aliphatic carboxylic acids is 1. The van der Waals surface area contributed by atoms with Gasteiger partial charge in [0.15, 0.2) is 0 Å². The van der Waals surface area contributed by atoms with Crippen LogP contribution in [0.2, 0.25) is 0 Å². The largest absolute Gasteiger partial charge is 0.481 e. The van der Waals surface area contributed by atoms with E-state index in [1.54, 1.807) is 19.0 Å². The van der Waals surface area contributed by atoms with Crippen molar-refractivity contribution in [2.45, 2.75) is 38.1 Å². The van der Waals surface area contributed by atoms with Crippen LogP contribution < -0.4 is 0 Å². The molecule has 0 aliphatic carbocycles. The summed E-state index contributed by atoms with van der Waals surface area (Å²) in [7, 11) is 3.45. The van der Waals surface area contributed by atoms with E-state index in [1.165, 1.54) is 0 Å². The van der Waals surface area contributed by atoms with Crippen LogP contribution in [0.1, 0.15) is 32.1 Å². The van der Waals surface area contributed by atoms with Gasteiger partial charge in [-0.1, -0.05) is 0 Å². The normalized spacial score (nSPS) is 20.6. The molecule has 0 bridgehead atoms. The van der Waals surface area contributed by atoms with Crippen molar-refractivity contribution in [2.75, 3.05) is 20.6 Å². The molecule has 1 fully saturated rings. The Hall–Kier alpha value is -1.26. The van der Waals surface area contributed by atoms with Crippen LogP contribution in [0.25, 0.3) is 0 Å². The zero-order chi connectivity index (χ0) is 12.1. The van der Waals surface area contributed by atoms with Crippen LogP contribution in [-0.4, -0.2) is 53.6 Å². The van der Waals surface area contributed by atoms with Gasteiger partial charge in [-0.25, -0.2) is 4.79 Å². The van der Waals surface area contributed by atoms with Gasteiger partial charge in [-0.15, -0.1) is 0 Å². The number of rotatable bonds is 3. The van der Waals surface area contributed by atoms with Crippen LogP contribution >= 0.6 is 0 Å². The summed E-state index contributed by atoms with van der Waals surface area (Å²) in [5.41, 5.74) is 0. The van der Waals surface area contributed by atoms with Gasteiger partial charge in [-0.05, 0) is 25.7 Å². The van der Waals surface area contributed by atoms with Crippen molar-refractivity contribution in [1.29, 1.82) is 0 Å². The van der Waals surface area contributed by atoms with Crippen molar-refractivity contribution in [1.82, 2.24) is 9.80 Å². The second-order valence-corrected chi connectivity index (χ2v) is 4.45. The number of piperidine rings is 1. The maximum Gasteiger partial charge on any atom is 0.319 e. The zero-order valence-corrected chi connectivity index (χ0v) is 9.98. The molecule has 1 aliphatic rings. The molecule has 5 nitrogen and oxygen atoms in total. The summed E-state index contributed by atoms with van der Waals surface area (Å²) in [6.07, 6.45) is 3.73. The molecule has 0 aromatic rings. The Morgan fingerprint density at radius 1 is 1.38 bits per heavy atom. The van der Waals surface area contributed by atoms with E-state index < -0.39 is 5.97 Å². The number of hydrogen-bond donors (Lipinski definition) is 1. The number of hydrogen-bond acceptors (Lipinski definition) is 2. The van der Waals surface area contributed by atoms with Crippen LogP contribution in [0.15, 0.2) is 0 Å². The predicted octanol–water partition coefficient (Wildman–Crippen LogP) is 1.39. The lowest BCUT2D eigenvalue weighted by atomic mass is 9.98. The third-order valence-electron chi connectivity index (χ3n) is 2.95. The highest BCUT2D eigenvalue weighted by Crippen LogP contribution is 2.21. The Morgan fingerprint density at radius 2 is 2.06 bits per heavy atom. The minimum Gasteiger partial charge on any atom is -0.481 e. The number of urea groups is 1. The van der Waals surface area contributed by atoms with Gasteiger partial charge in [-0.2, -0.15) is 0 Å². The SMILES string of the molecule is CN(C)C(=O)N1CCCCC1CCC(=O)O. The molecule has 0 radical (unpaired) electrons. The minimum absolute atomic E-state index is 0.00455. The fraction of sp³-hybridized carbons (Fsp3) is 0.818. The Bertz CT molecular complexity index is 266. The number of nitrogens with zero attached hydrogens (tertiary/aromatic N) is 2. The standard InChI is InChI=1S/C11H20N2O3/c1-12(2)11(16)13-8-4-3-5-9(13)6-7-10(14)15/h9H,3-8H2,1-2H3,(H,14,15). The fourth-order valence-electron chi connectivity index (χ4n) is 2.10. The molecule has 0 spiro atoms. The second kappa shape index (κ2) is 5.72. The molecular weight excluding hydrogens is 208 g/mol. The van der Waals surface area contributed by atoms with Gasteiger partial charge >= 0.3 is 12.0 Å².